The predicted molar refractivity (Wildman–Crippen MR) is 79.6 cm³/mol. The lowest BCUT2D eigenvalue weighted by Gasteiger charge is -2.22. The lowest BCUT2D eigenvalue weighted by molar-refractivity contribution is 0.351. The molecule has 4 nitrogen and oxygen atoms in total. The molecule has 0 spiro atoms. The average Bonchev–Trinajstić information content (AvgIpc) is 3.07. The Kier molecular flexibility index (Phi) is 3.32. The molecule has 0 aliphatic rings. The average molecular weight is 269 g/mol. The maximum absolute atomic E-state index is 6.32. The maximum atomic E-state index is 6.32. The maximum Gasteiger partial charge on any atom is 0.130 e. The highest BCUT2D eigenvalue weighted by Gasteiger charge is 2.25. The van der Waals surface area contributed by atoms with Gasteiger partial charge in [-0.3, -0.25) is 4.68 Å². The van der Waals surface area contributed by atoms with Crippen molar-refractivity contribution < 1.29 is 4.42 Å². The molecule has 0 amide bonds. The van der Waals surface area contributed by atoms with Gasteiger partial charge >= 0.3 is 0 Å². The number of para-hydroxylation sites is 1. The molecule has 0 fully saturated rings. The van der Waals surface area contributed by atoms with Crippen molar-refractivity contribution in [2.24, 2.45) is 5.73 Å². The van der Waals surface area contributed by atoms with Gasteiger partial charge in [-0.15, -0.1) is 0 Å². The van der Waals surface area contributed by atoms with Crippen LogP contribution in [0.15, 0.2) is 47.0 Å². The monoisotopic (exact) mass is 269 g/mol. The van der Waals surface area contributed by atoms with Crippen molar-refractivity contribution in [2.45, 2.75) is 32.4 Å². The normalized spacial score (nSPS) is 14.6. The number of aromatic nitrogens is 2. The number of rotatable bonds is 4. The van der Waals surface area contributed by atoms with Gasteiger partial charge in [-0.1, -0.05) is 25.1 Å². The molecule has 0 radical (unpaired) electrons. The Hall–Kier alpha value is -2.07. The van der Waals surface area contributed by atoms with Gasteiger partial charge in [0.25, 0.3) is 0 Å². The standard InChI is InChI=1S/C16H19N3O/c1-3-13(17)16(15-9-8-11(2)20-15)19-14-7-5-4-6-12(14)10-18-19/h4-10,13,16H,3,17H2,1-2H3. The fraction of sp³-hybridized carbons (Fsp3) is 0.312. The summed E-state index contributed by atoms with van der Waals surface area (Å²) in [4.78, 5) is 0. The van der Waals surface area contributed by atoms with Gasteiger partial charge in [0.15, 0.2) is 0 Å². The van der Waals surface area contributed by atoms with Crippen LogP contribution in [0.5, 0.6) is 0 Å². The number of aryl methyl sites for hydroxylation is 1. The topological polar surface area (TPSA) is 57.0 Å². The van der Waals surface area contributed by atoms with Gasteiger partial charge in [0.05, 0.1) is 11.7 Å². The van der Waals surface area contributed by atoms with E-state index in [4.69, 9.17) is 10.2 Å². The van der Waals surface area contributed by atoms with Crippen molar-refractivity contribution in [2.75, 3.05) is 0 Å². The van der Waals surface area contributed by atoms with Gasteiger partial charge in [-0.25, -0.2) is 0 Å². The van der Waals surface area contributed by atoms with Crippen LogP contribution < -0.4 is 5.73 Å². The molecule has 0 saturated heterocycles. The first-order chi connectivity index (χ1) is 9.70. The van der Waals surface area contributed by atoms with E-state index in [9.17, 15) is 0 Å². The zero-order valence-corrected chi connectivity index (χ0v) is 11.8. The molecular weight excluding hydrogens is 250 g/mol. The molecule has 0 aliphatic heterocycles. The van der Waals surface area contributed by atoms with Crippen LogP contribution in [0, 0.1) is 6.92 Å². The first-order valence-corrected chi connectivity index (χ1v) is 6.95. The summed E-state index contributed by atoms with van der Waals surface area (Å²) in [6.07, 6.45) is 2.74. The van der Waals surface area contributed by atoms with E-state index >= 15 is 0 Å². The Balaban J connectivity index is 2.14. The van der Waals surface area contributed by atoms with E-state index in [1.165, 1.54) is 0 Å². The quantitative estimate of drug-likeness (QED) is 0.791. The number of furan rings is 1. The number of hydrogen-bond donors (Lipinski definition) is 1. The minimum absolute atomic E-state index is 0.0381. The molecule has 3 aromatic rings. The van der Waals surface area contributed by atoms with Gasteiger partial charge in [0.2, 0.25) is 0 Å². The molecule has 2 unspecified atom stereocenters. The Bertz CT molecular complexity index is 713. The predicted octanol–water partition coefficient (Wildman–Crippen LogP) is 3.26. The largest absolute Gasteiger partial charge is 0.464 e. The van der Waals surface area contributed by atoms with Crippen molar-refractivity contribution in [3.63, 3.8) is 0 Å². The van der Waals surface area contributed by atoms with E-state index in [2.05, 4.69) is 24.2 Å². The molecule has 104 valence electrons. The SMILES string of the molecule is CCC(N)C(c1ccc(C)o1)n1ncc2ccccc21. The molecule has 3 rings (SSSR count). The lowest BCUT2D eigenvalue weighted by Crippen LogP contribution is -2.32. The van der Waals surface area contributed by atoms with Crippen LogP contribution in [-0.4, -0.2) is 15.8 Å². The summed E-state index contributed by atoms with van der Waals surface area (Å²) in [5.74, 6) is 1.76. The van der Waals surface area contributed by atoms with Crippen LogP contribution >= 0.6 is 0 Å². The fourth-order valence-corrected chi connectivity index (χ4v) is 2.56. The highest BCUT2D eigenvalue weighted by atomic mass is 16.3. The summed E-state index contributed by atoms with van der Waals surface area (Å²) in [5.41, 5.74) is 7.40. The molecule has 0 aliphatic carbocycles. The van der Waals surface area contributed by atoms with Gasteiger partial charge in [0.1, 0.15) is 17.6 Å². The van der Waals surface area contributed by atoms with Crippen molar-refractivity contribution in [1.82, 2.24) is 9.78 Å². The van der Waals surface area contributed by atoms with Crippen LogP contribution in [-0.2, 0) is 0 Å². The van der Waals surface area contributed by atoms with E-state index in [-0.39, 0.29) is 12.1 Å². The summed E-state index contributed by atoms with van der Waals surface area (Å²) in [5, 5.41) is 5.64. The molecule has 0 saturated carbocycles. The number of nitrogens with zero attached hydrogens (tertiary/aromatic N) is 2. The highest BCUT2D eigenvalue weighted by molar-refractivity contribution is 5.78. The molecule has 0 bridgehead atoms. The summed E-state index contributed by atoms with van der Waals surface area (Å²) in [6, 6.07) is 12.0. The number of nitrogens with two attached hydrogens (primary N) is 1. The molecule has 4 heteroatoms. The van der Waals surface area contributed by atoms with E-state index in [1.807, 2.05) is 42.1 Å². The van der Waals surface area contributed by atoms with Gasteiger partial charge in [0, 0.05) is 11.4 Å². The third-order valence-electron chi connectivity index (χ3n) is 3.70. The first-order valence-electron chi connectivity index (χ1n) is 6.95. The van der Waals surface area contributed by atoms with Crippen LogP contribution in [0.25, 0.3) is 10.9 Å². The smallest absolute Gasteiger partial charge is 0.130 e. The summed E-state index contributed by atoms with van der Waals surface area (Å²) in [7, 11) is 0. The Labute approximate surface area is 118 Å². The highest BCUT2D eigenvalue weighted by Crippen LogP contribution is 2.27. The fourth-order valence-electron chi connectivity index (χ4n) is 2.56. The van der Waals surface area contributed by atoms with Crippen LogP contribution in [0.1, 0.15) is 30.9 Å². The molecule has 20 heavy (non-hydrogen) atoms. The van der Waals surface area contributed by atoms with Crippen LogP contribution in [0.2, 0.25) is 0 Å². The molecule has 2 atom stereocenters. The second-order valence-corrected chi connectivity index (χ2v) is 5.11. The lowest BCUT2D eigenvalue weighted by atomic mass is 10.0. The van der Waals surface area contributed by atoms with Crippen molar-refractivity contribution in [3.8, 4) is 0 Å². The number of fused-ring (bicyclic) bond motifs is 1. The van der Waals surface area contributed by atoms with E-state index < -0.39 is 0 Å². The molecule has 2 N–H and O–H groups in total. The minimum Gasteiger partial charge on any atom is -0.464 e. The second-order valence-electron chi connectivity index (χ2n) is 5.11. The zero-order valence-electron chi connectivity index (χ0n) is 11.8. The van der Waals surface area contributed by atoms with Crippen LogP contribution in [0.3, 0.4) is 0 Å². The Morgan fingerprint density at radius 1 is 1.25 bits per heavy atom. The molecule has 1 aromatic carbocycles. The van der Waals surface area contributed by atoms with E-state index in [1.54, 1.807) is 0 Å². The molecule has 2 heterocycles. The summed E-state index contributed by atoms with van der Waals surface area (Å²) < 4.78 is 7.77. The second kappa shape index (κ2) is 5.13. The van der Waals surface area contributed by atoms with Gasteiger partial charge in [-0.05, 0) is 31.5 Å². The van der Waals surface area contributed by atoms with Gasteiger partial charge < -0.3 is 10.2 Å². The minimum atomic E-state index is -0.0754. The van der Waals surface area contributed by atoms with Gasteiger partial charge in [-0.2, -0.15) is 5.10 Å². The van der Waals surface area contributed by atoms with Crippen molar-refractivity contribution >= 4 is 10.9 Å². The summed E-state index contributed by atoms with van der Waals surface area (Å²) >= 11 is 0. The molecule has 2 aromatic heterocycles. The van der Waals surface area contributed by atoms with Crippen LogP contribution in [0.4, 0.5) is 0 Å². The third kappa shape index (κ3) is 2.12. The first kappa shape index (κ1) is 12.9. The van der Waals surface area contributed by atoms with E-state index in [0.29, 0.717) is 0 Å². The molecular formula is C16H19N3O. The third-order valence-corrected chi connectivity index (χ3v) is 3.70. The number of hydrogen-bond acceptors (Lipinski definition) is 3. The zero-order chi connectivity index (χ0) is 14.1. The Morgan fingerprint density at radius 3 is 2.75 bits per heavy atom. The van der Waals surface area contributed by atoms with Crippen molar-refractivity contribution in [1.29, 1.82) is 0 Å². The number of benzene rings is 1. The van der Waals surface area contributed by atoms with E-state index in [0.717, 1.165) is 28.8 Å². The van der Waals surface area contributed by atoms with Crippen molar-refractivity contribution in [3.05, 3.63) is 54.1 Å². The summed E-state index contributed by atoms with van der Waals surface area (Å²) in [6.45, 7) is 4.03. The Morgan fingerprint density at radius 2 is 2.05 bits per heavy atom.